The molecule has 5 atom stereocenters. The minimum Gasteiger partial charge on any atom is -0.480 e. The number of hydrogen-bond donors (Lipinski definition) is 7. The summed E-state index contributed by atoms with van der Waals surface area (Å²) < 4.78 is 0. The number of aliphatic hydroxyl groups is 1. The van der Waals surface area contributed by atoms with Gasteiger partial charge < -0.3 is 31.9 Å². The number of thioether (sulfide) groups is 1. The molecule has 0 aromatic carbocycles. The number of carboxylic acid groups (broad SMARTS) is 1. The van der Waals surface area contributed by atoms with E-state index in [1.807, 2.05) is 6.26 Å². The molecule has 0 aliphatic heterocycles. The largest absolute Gasteiger partial charge is 0.480 e. The summed E-state index contributed by atoms with van der Waals surface area (Å²) in [6, 6.07) is -4.39. The van der Waals surface area contributed by atoms with Crippen LogP contribution in [0.15, 0.2) is 0 Å². The second-order valence-electron chi connectivity index (χ2n) is 6.93. The maximum Gasteiger partial charge on any atom is 0.328 e. The highest BCUT2D eigenvalue weighted by Gasteiger charge is 2.32. The van der Waals surface area contributed by atoms with Gasteiger partial charge in [-0.2, -0.15) is 24.4 Å². The number of nitrogens with two attached hydrogens (primary N) is 1. The molecule has 7 N–H and O–H groups in total. The topological polar surface area (TPSA) is 171 Å². The molecule has 0 rings (SSSR count). The van der Waals surface area contributed by atoms with Crippen molar-refractivity contribution in [2.45, 2.75) is 57.5 Å². The summed E-state index contributed by atoms with van der Waals surface area (Å²) in [5.74, 6) is -3.03. The molecule has 0 aliphatic carbocycles. The third-order valence-corrected chi connectivity index (χ3v) is 5.09. The molecule has 0 radical (unpaired) electrons. The number of carbonyl (C=O) groups excluding carboxylic acids is 3. The minimum absolute atomic E-state index is 0.0231. The summed E-state index contributed by atoms with van der Waals surface area (Å²) in [5.41, 5.74) is 5.79. The quantitative estimate of drug-likeness (QED) is 0.167. The Kier molecular flexibility index (Phi) is 13.0. The van der Waals surface area contributed by atoms with Crippen LogP contribution < -0.4 is 21.7 Å². The van der Waals surface area contributed by atoms with Gasteiger partial charge in [0.15, 0.2) is 6.04 Å². The molecule has 0 aromatic rings. The van der Waals surface area contributed by atoms with Crippen molar-refractivity contribution in [2.75, 3.05) is 17.8 Å². The molecule has 0 fully saturated rings. The first-order valence-electron chi connectivity index (χ1n) is 9.13. The molecule has 5 unspecified atom stereocenters. The lowest BCUT2D eigenvalue weighted by atomic mass is 10.0. The maximum absolute atomic E-state index is 12.6. The van der Waals surface area contributed by atoms with E-state index >= 15 is 0 Å². The lowest BCUT2D eigenvalue weighted by Gasteiger charge is -2.27. The fourth-order valence-electron chi connectivity index (χ4n) is 2.27. The molecule has 168 valence electrons. The molecular weight excluding hydrogens is 420 g/mol. The SMILES string of the molecule is CSCCC(N)C(=O)NC(CS)C(=O)NC(C(=O)NC(C(=O)O)C(C)O)C(C)C. The molecular formula is C17H32N4O6S2. The second-order valence-corrected chi connectivity index (χ2v) is 8.28. The van der Waals surface area contributed by atoms with Crippen molar-refractivity contribution in [3.8, 4) is 0 Å². The lowest BCUT2D eigenvalue weighted by Crippen LogP contribution is -2.60. The van der Waals surface area contributed by atoms with Gasteiger partial charge in [0.1, 0.15) is 12.1 Å². The standard InChI is InChI=1S/C17H32N4O6S2/c1-8(2)12(16(25)21-13(9(3)22)17(26)27)20-15(24)11(7-28)19-14(23)10(18)5-6-29-4/h8-13,22,28H,5-7,18H2,1-4H3,(H,19,23)(H,20,24)(H,21,25)(H,26,27). The van der Waals surface area contributed by atoms with E-state index in [4.69, 9.17) is 10.8 Å². The molecule has 0 saturated carbocycles. The predicted molar refractivity (Wildman–Crippen MR) is 115 cm³/mol. The Labute approximate surface area is 180 Å². The number of thiol groups is 1. The smallest absolute Gasteiger partial charge is 0.328 e. The number of carbonyl (C=O) groups is 4. The van der Waals surface area contributed by atoms with Crippen molar-refractivity contribution >= 4 is 48.1 Å². The van der Waals surface area contributed by atoms with Gasteiger partial charge in [0.25, 0.3) is 0 Å². The van der Waals surface area contributed by atoms with E-state index in [2.05, 4.69) is 28.6 Å². The van der Waals surface area contributed by atoms with Crippen LogP contribution in [0.25, 0.3) is 0 Å². The van der Waals surface area contributed by atoms with Crippen LogP contribution in [0.1, 0.15) is 27.2 Å². The van der Waals surface area contributed by atoms with Crippen molar-refractivity contribution in [2.24, 2.45) is 11.7 Å². The first-order chi connectivity index (χ1) is 13.5. The molecule has 0 spiro atoms. The van der Waals surface area contributed by atoms with Crippen molar-refractivity contribution in [3.63, 3.8) is 0 Å². The van der Waals surface area contributed by atoms with Crippen LogP contribution in [-0.4, -0.2) is 81.9 Å². The van der Waals surface area contributed by atoms with Crippen molar-refractivity contribution in [3.05, 3.63) is 0 Å². The van der Waals surface area contributed by atoms with Gasteiger partial charge in [0.2, 0.25) is 17.7 Å². The summed E-state index contributed by atoms with van der Waals surface area (Å²) in [6.45, 7) is 4.55. The van der Waals surface area contributed by atoms with Crippen molar-refractivity contribution in [1.82, 2.24) is 16.0 Å². The number of aliphatic carboxylic acids is 1. The molecule has 0 aliphatic rings. The van der Waals surface area contributed by atoms with E-state index in [0.717, 1.165) is 0 Å². The Bertz CT molecular complexity index is 576. The summed E-state index contributed by atoms with van der Waals surface area (Å²) >= 11 is 5.62. The maximum atomic E-state index is 12.6. The van der Waals surface area contributed by atoms with Gasteiger partial charge in [0, 0.05) is 5.75 Å². The van der Waals surface area contributed by atoms with Gasteiger partial charge in [-0.15, -0.1) is 0 Å². The minimum atomic E-state index is -1.52. The molecule has 29 heavy (non-hydrogen) atoms. The van der Waals surface area contributed by atoms with Crippen molar-refractivity contribution < 1.29 is 29.4 Å². The summed E-state index contributed by atoms with van der Waals surface area (Å²) in [4.78, 5) is 48.3. The average molecular weight is 453 g/mol. The Hall–Kier alpha value is -1.50. The van der Waals surface area contributed by atoms with E-state index in [9.17, 15) is 24.3 Å². The third kappa shape index (κ3) is 9.70. The van der Waals surface area contributed by atoms with Crippen LogP contribution in [-0.2, 0) is 19.2 Å². The van der Waals surface area contributed by atoms with E-state index in [-0.39, 0.29) is 11.7 Å². The predicted octanol–water partition coefficient (Wildman–Crippen LogP) is -1.43. The van der Waals surface area contributed by atoms with E-state index in [0.29, 0.717) is 12.2 Å². The summed E-state index contributed by atoms with van der Waals surface area (Å²) in [6.07, 6.45) is 1.01. The molecule has 10 nitrogen and oxygen atoms in total. The number of carboxylic acids is 1. The molecule has 12 heteroatoms. The lowest BCUT2D eigenvalue weighted by molar-refractivity contribution is -0.145. The Balaban J connectivity index is 5.11. The zero-order valence-corrected chi connectivity index (χ0v) is 18.8. The second kappa shape index (κ2) is 13.7. The highest BCUT2D eigenvalue weighted by Crippen LogP contribution is 2.06. The highest BCUT2D eigenvalue weighted by molar-refractivity contribution is 7.98. The van der Waals surface area contributed by atoms with Crippen LogP contribution >= 0.6 is 24.4 Å². The zero-order valence-electron chi connectivity index (χ0n) is 17.0. The Morgan fingerprint density at radius 3 is 1.97 bits per heavy atom. The monoisotopic (exact) mass is 452 g/mol. The van der Waals surface area contributed by atoms with Gasteiger partial charge in [-0.25, -0.2) is 4.79 Å². The van der Waals surface area contributed by atoms with Gasteiger partial charge in [-0.3, -0.25) is 14.4 Å². The molecule has 0 heterocycles. The van der Waals surface area contributed by atoms with Gasteiger partial charge in [-0.05, 0) is 31.3 Å². The fourth-order valence-corrected chi connectivity index (χ4v) is 3.02. The van der Waals surface area contributed by atoms with E-state index < -0.39 is 54.0 Å². The van der Waals surface area contributed by atoms with Gasteiger partial charge in [-0.1, -0.05) is 13.8 Å². The van der Waals surface area contributed by atoms with Crippen LogP contribution in [0.3, 0.4) is 0 Å². The highest BCUT2D eigenvalue weighted by atomic mass is 32.2. The van der Waals surface area contributed by atoms with E-state index in [1.54, 1.807) is 25.6 Å². The van der Waals surface area contributed by atoms with Crippen LogP contribution in [0.5, 0.6) is 0 Å². The molecule has 0 bridgehead atoms. The average Bonchev–Trinajstić information content (AvgIpc) is 2.64. The normalized spacial score (nSPS) is 16.3. The molecule has 0 aromatic heterocycles. The van der Waals surface area contributed by atoms with Crippen LogP contribution in [0.2, 0.25) is 0 Å². The number of nitrogens with one attached hydrogen (secondary N) is 3. The Morgan fingerprint density at radius 2 is 1.55 bits per heavy atom. The number of aliphatic hydroxyl groups excluding tert-OH is 1. The molecule has 3 amide bonds. The van der Waals surface area contributed by atoms with Gasteiger partial charge >= 0.3 is 5.97 Å². The Morgan fingerprint density at radius 1 is 1.00 bits per heavy atom. The number of hydrogen-bond acceptors (Lipinski definition) is 8. The summed E-state index contributed by atoms with van der Waals surface area (Å²) in [7, 11) is 0. The first-order valence-corrected chi connectivity index (χ1v) is 11.2. The van der Waals surface area contributed by atoms with Crippen LogP contribution in [0.4, 0.5) is 0 Å². The summed E-state index contributed by atoms with van der Waals surface area (Å²) in [5, 5.41) is 25.8. The zero-order chi connectivity index (χ0) is 22.7. The van der Waals surface area contributed by atoms with Crippen LogP contribution in [0, 0.1) is 5.92 Å². The van der Waals surface area contributed by atoms with E-state index in [1.165, 1.54) is 6.92 Å². The van der Waals surface area contributed by atoms with Crippen molar-refractivity contribution in [1.29, 1.82) is 0 Å². The fraction of sp³-hybridized carbons (Fsp3) is 0.765. The molecule has 0 saturated heterocycles. The van der Waals surface area contributed by atoms with Gasteiger partial charge in [0.05, 0.1) is 12.1 Å². The number of rotatable bonds is 13. The first kappa shape index (κ1) is 27.5. The third-order valence-electron chi connectivity index (χ3n) is 4.08. The number of amides is 3.